The van der Waals surface area contributed by atoms with Crippen LogP contribution in [0.15, 0.2) is 24.3 Å². The van der Waals surface area contributed by atoms with E-state index in [9.17, 15) is 4.39 Å². The lowest BCUT2D eigenvalue weighted by Crippen LogP contribution is -2.01. The Hall–Kier alpha value is -2.19. The van der Waals surface area contributed by atoms with Crippen molar-refractivity contribution in [3.63, 3.8) is 0 Å². The number of nitrogens with one attached hydrogen (secondary N) is 1. The van der Waals surface area contributed by atoms with Crippen LogP contribution < -0.4 is 5.32 Å². The van der Waals surface area contributed by atoms with Crippen LogP contribution in [0.2, 0.25) is 5.15 Å². The van der Waals surface area contributed by atoms with E-state index < -0.39 is 5.82 Å². The van der Waals surface area contributed by atoms with Crippen LogP contribution in [0.1, 0.15) is 24.7 Å². The van der Waals surface area contributed by atoms with Gasteiger partial charge in [0, 0.05) is 12.5 Å². The van der Waals surface area contributed by atoms with Crippen LogP contribution in [0.4, 0.5) is 15.9 Å². The molecule has 0 radical (unpaired) electrons. The minimum Gasteiger partial charge on any atom is -0.339 e. The van der Waals surface area contributed by atoms with Gasteiger partial charge in [0.25, 0.3) is 0 Å². The van der Waals surface area contributed by atoms with Crippen molar-refractivity contribution >= 4 is 23.1 Å². The highest BCUT2D eigenvalue weighted by Crippen LogP contribution is 2.22. The molecule has 0 aliphatic carbocycles. The number of nitrogens with zero attached hydrogens (tertiary/aromatic N) is 3. The first-order chi connectivity index (χ1) is 9.62. The van der Waals surface area contributed by atoms with Crippen LogP contribution in [0, 0.1) is 17.1 Å². The molecule has 102 valence electrons. The lowest BCUT2D eigenvalue weighted by molar-refractivity contribution is 0.627. The minimum absolute atomic E-state index is 0.205. The molecule has 2 aromatic rings. The smallest absolute Gasteiger partial charge is 0.135 e. The van der Waals surface area contributed by atoms with Crippen LogP contribution in [0.5, 0.6) is 0 Å². The molecular formula is C14H12ClFN4. The Balaban J connectivity index is 2.32. The molecule has 2 rings (SSSR count). The fraction of sp³-hybridized carbons (Fsp3) is 0.214. The molecule has 0 saturated carbocycles. The van der Waals surface area contributed by atoms with Crippen molar-refractivity contribution in [3.05, 3.63) is 46.6 Å². The number of aryl methyl sites for hydroxylation is 1. The van der Waals surface area contributed by atoms with Crippen molar-refractivity contribution in [2.75, 3.05) is 5.32 Å². The highest BCUT2D eigenvalue weighted by atomic mass is 35.5. The summed E-state index contributed by atoms with van der Waals surface area (Å²) in [6.45, 7) is 2.02. The van der Waals surface area contributed by atoms with Gasteiger partial charge in [-0.2, -0.15) is 5.26 Å². The summed E-state index contributed by atoms with van der Waals surface area (Å²) in [5, 5.41) is 12.3. The summed E-state index contributed by atoms with van der Waals surface area (Å²) in [5.41, 5.74) is 0.683. The zero-order valence-electron chi connectivity index (χ0n) is 10.8. The van der Waals surface area contributed by atoms with Gasteiger partial charge in [-0.05, 0) is 24.6 Å². The zero-order valence-corrected chi connectivity index (χ0v) is 11.6. The SMILES string of the molecule is CCCc1nc(Cl)cc(Nc2ccc(F)cc2C#N)n1. The third-order valence-electron chi connectivity index (χ3n) is 2.58. The van der Waals surface area contributed by atoms with E-state index in [1.54, 1.807) is 6.07 Å². The normalized spacial score (nSPS) is 10.1. The van der Waals surface area contributed by atoms with Crippen LogP contribution in [0.3, 0.4) is 0 Å². The van der Waals surface area contributed by atoms with E-state index in [2.05, 4.69) is 15.3 Å². The number of rotatable bonds is 4. The summed E-state index contributed by atoms with van der Waals surface area (Å²) in [6.07, 6.45) is 1.61. The van der Waals surface area contributed by atoms with Crippen molar-refractivity contribution in [3.8, 4) is 6.07 Å². The van der Waals surface area contributed by atoms with E-state index >= 15 is 0 Å². The molecule has 0 saturated heterocycles. The summed E-state index contributed by atoms with van der Waals surface area (Å²) >= 11 is 5.93. The van der Waals surface area contributed by atoms with Crippen molar-refractivity contribution < 1.29 is 4.39 Å². The molecule has 1 aromatic heterocycles. The minimum atomic E-state index is -0.459. The molecule has 0 spiro atoms. The number of aromatic nitrogens is 2. The molecule has 1 N–H and O–H groups in total. The van der Waals surface area contributed by atoms with Gasteiger partial charge in [0.15, 0.2) is 0 Å². The topological polar surface area (TPSA) is 61.6 Å². The molecule has 4 nitrogen and oxygen atoms in total. The second-order valence-corrected chi connectivity index (χ2v) is 4.56. The number of anilines is 2. The van der Waals surface area contributed by atoms with Gasteiger partial charge in [-0.3, -0.25) is 0 Å². The number of halogens is 2. The molecule has 1 heterocycles. The van der Waals surface area contributed by atoms with Gasteiger partial charge in [-0.1, -0.05) is 18.5 Å². The van der Waals surface area contributed by atoms with E-state index in [0.717, 1.165) is 12.5 Å². The Bertz CT molecular complexity index is 667. The predicted molar refractivity (Wildman–Crippen MR) is 75.4 cm³/mol. The Morgan fingerprint density at radius 2 is 2.15 bits per heavy atom. The highest BCUT2D eigenvalue weighted by Gasteiger charge is 2.07. The maximum Gasteiger partial charge on any atom is 0.135 e. The molecular weight excluding hydrogens is 279 g/mol. The lowest BCUT2D eigenvalue weighted by atomic mass is 10.2. The van der Waals surface area contributed by atoms with E-state index in [0.29, 0.717) is 28.9 Å². The average Bonchev–Trinajstić information content (AvgIpc) is 2.40. The molecule has 20 heavy (non-hydrogen) atoms. The predicted octanol–water partition coefficient (Wildman–Crippen LogP) is 3.84. The lowest BCUT2D eigenvalue weighted by Gasteiger charge is -2.09. The number of benzene rings is 1. The van der Waals surface area contributed by atoms with Crippen molar-refractivity contribution in [1.29, 1.82) is 5.26 Å². The van der Waals surface area contributed by atoms with Crippen molar-refractivity contribution in [2.24, 2.45) is 0 Å². The quantitative estimate of drug-likeness (QED) is 0.869. The summed E-state index contributed by atoms with van der Waals surface area (Å²) in [4.78, 5) is 8.42. The second kappa shape index (κ2) is 6.31. The van der Waals surface area contributed by atoms with Crippen molar-refractivity contribution in [1.82, 2.24) is 9.97 Å². The van der Waals surface area contributed by atoms with Crippen molar-refractivity contribution in [2.45, 2.75) is 19.8 Å². The number of hydrogen-bond acceptors (Lipinski definition) is 4. The van der Waals surface area contributed by atoms with Crippen LogP contribution in [-0.2, 0) is 6.42 Å². The standard InChI is InChI=1S/C14H12ClFN4/c1-2-3-13-19-12(15)7-14(20-13)18-11-5-4-10(16)6-9(11)8-17/h4-7H,2-3H2,1H3,(H,18,19,20). The maximum absolute atomic E-state index is 13.1. The van der Waals surface area contributed by atoms with Gasteiger partial charge >= 0.3 is 0 Å². The van der Waals surface area contributed by atoms with E-state index in [4.69, 9.17) is 16.9 Å². The molecule has 0 fully saturated rings. The van der Waals surface area contributed by atoms with E-state index in [-0.39, 0.29) is 5.56 Å². The highest BCUT2D eigenvalue weighted by molar-refractivity contribution is 6.29. The first-order valence-electron chi connectivity index (χ1n) is 6.12. The molecule has 0 unspecified atom stereocenters. The molecule has 0 aliphatic heterocycles. The van der Waals surface area contributed by atoms with Crippen LogP contribution in [-0.4, -0.2) is 9.97 Å². The fourth-order valence-corrected chi connectivity index (χ4v) is 1.92. The summed E-state index contributed by atoms with van der Waals surface area (Å²) in [6, 6.07) is 7.42. The van der Waals surface area contributed by atoms with Crippen LogP contribution in [0.25, 0.3) is 0 Å². The summed E-state index contributed by atoms with van der Waals surface area (Å²) in [5.74, 6) is 0.652. The Morgan fingerprint density at radius 3 is 2.85 bits per heavy atom. The van der Waals surface area contributed by atoms with Gasteiger partial charge in [0.2, 0.25) is 0 Å². The second-order valence-electron chi connectivity index (χ2n) is 4.17. The Labute approximate surface area is 121 Å². The third-order valence-corrected chi connectivity index (χ3v) is 2.77. The summed E-state index contributed by atoms with van der Waals surface area (Å²) < 4.78 is 13.1. The molecule has 1 aromatic carbocycles. The first kappa shape index (κ1) is 14.2. The Kier molecular flexibility index (Phi) is 4.49. The monoisotopic (exact) mass is 290 g/mol. The molecule has 6 heteroatoms. The Morgan fingerprint density at radius 1 is 1.35 bits per heavy atom. The molecule has 0 bridgehead atoms. The molecule has 0 aliphatic rings. The number of hydrogen-bond donors (Lipinski definition) is 1. The molecule has 0 amide bonds. The first-order valence-corrected chi connectivity index (χ1v) is 6.50. The van der Waals surface area contributed by atoms with Gasteiger partial charge in [-0.15, -0.1) is 0 Å². The summed E-state index contributed by atoms with van der Waals surface area (Å²) in [7, 11) is 0. The largest absolute Gasteiger partial charge is 0.339 e. The maximum atomic E-state index is 13.1. The van der Waals surface area contributed by atoms with E-state index in [1.807, 2.05) is 13.0 Å². The van der Waals surface area contributed by atoms with E-state index in [1.165, 1.54) is 12.1 Å². The van der Waals surface area contributed by atoms with Gasteiger partial charge in [0.1, 0.15) is 28.7 Å². The average molecular weight is 291 g/mol. The molecule has 0 atom stereocenters. The zero-order chi connectivity index (χ0) is 14.5. The fourth-order valence-electron chi connectivity index (χ4n) is 1.72. The number of nitriles is 1. The van der Waals surface area contributed by atoms with Crippen LogP contribution >= 0.6 is 11.6 Å². The van der Waals surface area contributed by atoms with Gasteiger partial charge in [0.05, 0.1) is 11.3 Å². The van der Waals surface area contributed by atoms with Gasteiger partial charge < -0.3 is 5.32 Å². The third kappa shape index (κ3) is 3.43. The van der Waals surface area contributed by atoms with Gasteiger partial charge in [-0.25, -0.2) is 14.4 Å².